The number of esters is 1. The highest BCUT2D eigenvalue weighted by Gasteiger charge is 2.42. The predicted octanol–water partition coefficient (Wildman–Crippen LogP) is 0.937. The van der Waals surface area contributed by atoms with E-state index in [1.165, 1.54) is 0 Å². The molecule has 0 aliphatic carbocycles. The molecule has 1 unspecified atom stereocenters. The van der Waals surface area contributed by atoms with Crippen LogP contribution in [-0.4, -0.2) is 35.1 Å². The van der Waals surface area contributed by atoms with Crippen molar-refractivity contribution in [1.82, 2.24) is 9.97 Å². The molecule has 8 heteroatoms. The van der Waals surface area contributed by atoms with Crippen LogP contribution in [0.2, 0.25) is 0 Å². The summed E-state index contributed by atoms with van der Waals surface area (Å²) in [6.45, 7) is 3.94. The van der Waals surface area contributed by atoms with E-state index >= 15 is 0 Å². The fourth-order valence-corrected chi connectivity index (χ4v) is 2.95. The maximum absolute atomic E-state index is 11.8. The Morgan fingerprint density at radius 2 is 2.08 bits per heavy atom. The lowest BCUT2D eigenvalue weighted by molar-refractivity contribution is -0.174. The minimum absolute atomic E-state index is 0.186. The van der Waals surface area contributed by atoms with Gasteiger partial charge >= 0.3 is 19.5 Å². The van der Waals surface area contributed by atoms with Gasteiger partial charge in [0, 0.05) is 18.0 Å². The van der Waals surface area contributed by atoms with Crippen molar-refractivity contribution in [1.29, 1.82) is 0 Å². The number of hydrogen-bond donors (Lipinski definition) is 1. The Kier molecular flexibility index (Phi) is 5.01. The molecule has 3 rings (SSSR count). The molecule has 1 aliphatic rings. The molecule has 130 valence electrons. The minimum atomic E-state index is -1.67. The summed E-state index contributed by atoms with van der Waals surface area (Å²) in [7, 11) is 0.186. The smallest absolute Gasteiger partial charge is 0.321 e. The van der Waals surface area contributed by atoms with Crippen LogP contribution in [0.25, 0.3) is 0 Å². The highest BCUT2D eigenvalue weighted by molar-refractivity contribution is 6.49. The van der Waals surface area contributed by atoms with E-state index in [2.05, 4.69) is 9.97 Å². The van der Waals surface area contributed by atoms with Crippen molar-refractivity contribution in [2.24, 2.45) is 0 Å². The molecule has 0 bridgehead atoms. The highest BCUT2D eigenvalue weighted by Crippen LogP contribution is 2.35. The molecule has 1 aliphatic heterocycles. The second-order valence-corrected chi connectivity index (χ2v) is 5.66. The van der Waals surface area contributed by atoms with E-state index in [1.807, 2.05) is 6.92 Å². The van der Waals surface area contributed by atoms with Crippen molar-refractivity contribution < 1.29 is 24.0 Å². The number of aromatic nitrogens is 2. The number of carbonyl (C=O) groups excluding carboxylic acids is 1. The number of benzene rings is 1. The molecule has 0 amide bonds. The molecule has 1 N–H and O–H groups in total. The average Bonchev–Trinajstić information content (AvgIpc) is 2.92. The van der Waals surface area contributed by atoms with Crippen molar-refractivity contribution in [3.63, 3.8) is 0 Å². The van der Waals surface area contributed by atoms with E-state index in [0.29, 0.717) is 17.7 Å². The summed E-state index contributed by atoms with van der Waals surface area (Å²) < 4.78 is 16.2. The molecule has 25 heavy (non-hydrogen) atoms. The Hall–Kier alpha value is -2.45. The Morgan fingerprint density at radius 3 is 2.76 bits per heavy atom. The van der Waals surface area contributed by atoms with E-state index in [-0.39, 0.29) is 26.5 Å². The lowest BCUT2D eigenvalue weighted by Gasteiger charge is -2.25. The number of nitrogens with zero attached hydrogens (tertiary/aromatic N) is 2. The molecular formula is C17H19BN2O5. The number of hydrogen-bond acceptors (Lipinski definition) is 7. The quantitative estimate of drug-likeness (QED) is 0.617. The van der Waals surface area contributed by atoms with Crippen LogP contribution in [0.5, 0.6) is 11.8 Å². The summed E-state index contributed by atoms with van der Waals surface area (Å²) in [5, 5.41) is 10.8. The van der Waals surface area contributed by atoms with Gasteiger partial charge in [0.1, 0.15) is 12.2 Å². The summed E-state index contributed by atoms with van der Waals surface area (Å²) in [5.74, 6) is -1.61. The first-order chi connectivity index (χ1) is 12.1. The number of rotatable bonds is 6. The summed E-state index contributed by atoms with van der Waals surface area (Å²) in [5.41, 5.74) is 2.23. The molecular weight excluding hydrogens is 323 g/mol. The lowest BCUT2D eigenvalue weighted by Crippen LogP contribution is -2.31. The predicted molar refractivity (Wildman–Crippen MR) is 90.9 cm³/mol. The Bertz CT molecular complexity index is 771. The fraction of sp³-hybridized carbons (Fsp3) is 0.353. The van der Waals surface area contributed by atoms with Gasteiger partial charge in [-0.15, -0.1) is 0 Å². The molecule has 2 aromatic rings. The summed E-state index contributed by atoms with van der Waals surface area (Å²) in [4.78, 5) is 19.9. The standard InChI is InChI=1S/C17H19BN2O5/c1-3-11-8-12(24-16-19-6-5-7-20-16)9-13-15(11)17(22,25-18-13)10-14(21)23-4-2/h5-9,18,22H,3-4,10H2,1-2H3. The van der Waals surface area contributed by atoms with E-state index in [1.54, 1.807) is 37.5 Å². The zero-order valence-corrected chi connectivity index (χ0v) is 14.2. The highest BCUT2D eigenvalue weighted by atomic mass is 16.6. The fourth-order valence-electron chi connectivity index (χ4n) is 2.95. The van der Waals surface area contributed by atoms with Gasteiger partial charge in [-0.2, -0.15) is 0 Å². The Labute approximate surface area is 146 Å². The van der Waals surface area contributed by atoms with E-state index in [9.17, 15) is 9.90 Å². The first-order valence-corrected chi connectivity index (χ1v) is 8.18. The SMILES string of the molecule is CCOC(=O)CC1(O)OBc2cc(Oc3ncccn3)cc(CC)c21. The van der Waals surface area contributed by atoms with Crippen LogP contribution in [0.4, 0.5) is 0 Å². The van der Waals surface area contributed by atoms with Crippen LogP contribution < -0.4 is 10.2 Å². The molecule has 1 atom stereocenters. The molecule has 0 radical (unpaired) electrons. The van der Waals surface area contributed by atoms with Crippen LogP contribution in [0.1, 0.15) is 31.4 Å². The van der Waals surface area contributed by atoms with E-state index < -0.39 is 11.8 Å². The summed E-state index contributed by atoms with van der Waals surface area (Å²) >= 11 is 0. The van der Waals surface area contributed by atoms with Gasteiger partial charge < -0.3 is 19.2 Å². The van der Waals surface area contributed by atoms with Crippen molar-refractivity contribution in [2.75, 3.05) is 6.61 Å². The van der Waals surface area contributed by atoms with E-state index in [4.69, 9.17) is 14.1 Å². The Balaban J connectivity index is 1.91. The topological polar surface area (TPSA) is 90.8 Å². The maximum atomic E-state index is 11.8. The molecule has 1 aromatic carbocycles. The van der Waals surface area contributed by atoms with Crippen LogP contribution in [0, 0.1) is 0 Å². The molecule has 2 heterocycles. The zero-order chi connectivity index (χ0) is 17.9. The summed E-state index contributed by atoms with van der Waals surface area (Å²) in [6, 6.07) is 5.52. The number of fused-ring (bicyclic) bond motifs is 1. The number of aliphatic hydroxyl groups is 1. The van der Waals surface area contributed by atoms with Crippen molar-refractivity contribution in [2.45, 2.75) is 32.5 Å². The maximum Gasteiger partial charge on any atom is 0.321 e. The number of ether oxygens (including phenoxy) is 2. The molecule has 0 saturated heterocycles. The van der Waals surface area contributed by atoms with Gasteiger partial charge in [-0.05, 0) is 42.6 Å². The van der Waals surface area contributed by atoms with Gasteiger partial charge in [-0.1, -0.05) is 6.92 Å². The monoisotopic (exact) mass is 342 g/mol. The normalized spacial score (nSPS) is 18.4. The largest absolute Gasteiger partial charge is 0.466 e. The van der Waals surface area contributed by atoms with Gasteiger partial charge in [-0.25, -0.2) is 9.97 Å². The first kappa shape index (κ1) is 17.4. The van der Waals surface area contributed by atoms with Gasteiger partial charge in [-0.3, -0.25) is 4.79 Å². The minimum Gasteiger partial charge on any atom is -0.466 e. The van der Waals surface area contributed by atoms with Crippen LogP contribution >= 0.6 is 0 Å². The molecule has 0 fully saturated rings. The first-order valence-electron chi connectivity index (χ1n) is 8.18. The molecule has 0 saturated carbocycles. The van der Waals surface area contributed by atoms with Crippen molar-refractivity contribution >= 4 is 18.9 Å². The van der Waals surface area contributed by atoms with Crippen LogP contribution in [0.3, 0.4) is 0 Å². The van der Waals surface area contributed by atoms with Crippen molar-refractivity contribution in [3.8, 4) is 11.8 Å². The lowest BCUT2D eigenvalue weighted by atomic mass is 9.82. The van der Waals surface area contributed by atoms with Crippen molar-refractivity contribution in [3.05, 3.63) is 41.7 Å². The van der Waals surface area contributed by atoms with Gasteiger partial charge in [0.05, 0.1) is 6.61 Å². The number of aryl methyl sites for hydroxylation is 1. The molecule has 1 aromatic heterocycles. The average molecular weight is 342 g/mol. The zero-order valence-electron chi connectivity index (χ0n) is 14.2. The second-order valence-electron chi connectivity index (χ2n) is 5.66. The van der Waals surface area contributed by atoms with E-state index in [0.717, 1.165) is 11.0 Å². The van der Waals surface area contributed by atoms with Crippen LogP contribution in [-0.2, 0) is 26.4 Å². The third kappa shape index (κ3) is 3.64. The van der Waals surface area contributed by atoms with Gasteiger partial charge in [0.25, 0.3) is 0 Å². The van der Waals surface area contributed by atoms with Gasteiger partial charge in [0.2, 0.25) is 0 Å². The number of carbonyl (C=O) groups is 1. The van der Waals surface area contributed by atoms with Gasteiger partial charge in [0.15, 0.2) is 5.79 Å². The third-order valence-electron chi connectivity index (χ3n) is 3.95. The second kappa shape index (κ2) is 7.20. The molecule has 0 spiro atoms. The third-order valence-corrected chi connectivity index (χ3v) is 3.95. The summed E-state index contributed by atoms with van der Waals surface area (Å²) in [6.07, 6.45) is 3.59. The molecule has 7 nitrogen and oxygen atoms in total. The van der Waals surface area contributed by atoms with Crippen LogP contribution in [0.15, 0.2) is 30.6 Å². The Morgan fingerprint density at radius 1 is 1.32 bits per heavy atom.